The minimum absolute atomic E-state index is 0.0343. The Hall–Kier alpha value is -4.87. The zero-order valence-electron chi connectivity index (χ0n) is 31.4. The van der Waals surface area contributed by atoms with Gasteiger partial charge in [0.2, 0.25) is 11.8 Å². The number of ketones is 1. The van der Waals surface area contributed by atoms with Crippen molar-refractivity contribution in [3.8, 4) is 5.75 Å². The molecule has 3 amide bonds. The number of Topliss-reactive ketones (excluding diaryl/α,β-unsaturated/α-hetero) is 1. The van der Waals surface area contributed by atoms with Crippen LogP contribution >= 0.6 is 0 Å². The number of benzene rings is 1. The highest BCUT2D eigenvalue weighted by atomic mass is 16.6. The number of methoxy groups -OCH3 is 1. The number of alkyl carbamates (subject to hydrolysis) is 1. The van der Waals surface area contributed by atoms with Gasteiger partial charge in [0.25, 0.3) is 0 Å². The van der Waals surface area contributed by atoms with Crippen LogP contribution in [0.1, 0.15) is 71.6 Å². The van der Waals surface area contributed by atoms with Crippen molar-refractivity contribution in [3.63, 3.8) is 0 Å². The molecule has 5 N–H and O–H groups in total. The fraction of sp³-hybridized carbons (Fsp3) is 0.583. The number of anilines is 1. The van der Waals surface area contributed by atoms with E-state index in [4.69, 9.17) is 14.2 Å². The molecule has 1 aromatic carbocycles. The van der Waals surface area contributed by atoms with E-state index in [-0.39, 0.29) is 18.6 Å². The summed E-state index contributed by atoms with van der Waals surface area (Å²) in [7, 11) is 5.15. The summed E-state index contributed by atoms with van der Waals surface area (Å²) in [5.74, 6) is -0.0687. The SMILES string of the molecule is COc1ccc(CC(NC(=O)[C@H](CCCCCC(C)=O)NC(=O)OC(C)(C)C)C(=O)N[C@@H]2C(O)[C@H](n3cnc4c(N(C)C)ncnc43)O[C@@H]2CO)cc1. The smallest absolute Gasteiger partial charge is 0.408 e. The van der Waals surface area contributed by atoms with Gasteiger partial charge in [-0.2, -0.15) is 0 Å². The van der Waals surface area contributed by atoms with E-state index in [0.29, 0.717) is 54.0 Å². The summed E-state index contributed by atoms with van der Waals surface area (Å²) in [6.45, 7) is 6.09. The highest BCUT2D eigenvalue weighted by Gasteiger charge is 2.46. The number of aliphatic hydroxyl groups is 2. The fourth-order valence-electron chi connectivity index (χ4n) is 6.02. The lowest BCUT2D eigenvalue weighted by molar-refractivity contribution is -0.131. The Balaban J connectivity index is 1.57. The van der Waals surface area contributed by atoms with E-state index in [1.165, 1.54) is 31.3 Å². The lowest BCUT2D eigenvalue weighted by Gasteiger charge is -2.27. The van der Waals surface area contributed by atoms with Crippen LogP contribution in [-0.2, 0) is 30.3 Å². The number of imidazole rings is 1. The summed E-state index contributed by atoms with van der Waals surface area (Å²) in [6, 6.07) is 3.61. The Morgan fingerprint density at radius 2 is 1.72 bits per heavy atom. The molecule has 6 atom stereocenters. The van der Waals surface area contributed by atoms with Gasteiger partial charge in [-0.1, -0.05) is 25.0 Å². The van der Waals surface area contributed by atoms with Gasteiger partial charge in [-0.05, 0) is 58.2 Å². The van der Waals surface area contributed by atoms with Crippen LogP contribution in [0.15, 0.2) is 36.9 Å². The molecule has 2 unspecified atom stereocenters. The van der Waals surface area contributed by atoms with Gasteiger partial charge in [-0.3, -0.25) is 14.2 Å². The van der Waals surface area contributed by atoms with E-state index in [0.717, 1.165) is 0 Å². The molecule has 0 saturated carbocycles. The van der Waals surface area contributed by atoms with Crippen LogP contribution in [0.5, 0.6) is 5.75 Å². The lowest BCUT2D eigenvalue weighted by Crippen LogP contribution is -2.58. The predicted octanol–water partition coefficient (Wildman–Crippen LogP) is 1.80. The maximum absolute atomic E-state index is 14.1. The molecular weight excluding hydrogens is 688 g/mol. The van der Waals surface area contributed by atoms with Crippen molar-refractivity contribution in [3.05, 3.63) is 42.5 Å². The molecule has 290 valence electrons. The maximum Gasteiger partial charge on any atom is 0.408 e. The predicted molar refractivity (Wildman–Crippen MR) is 194 cm³/mol. The number of hydrogen-bond donors (Lipinski definition) is 5. The van der Waals surface area contributed by atoms with Gasteiger partial charge in [0.05, 0.1) is 26.1 Å². The molecule has 17 nitrogen and oxygen atoms in total. The third-order valence-electron chi connectivity index (χ3n) is 8.66. The lowest BCUT2D eigenvalue weighted by atomic mass is 10.0. The normalized spacial score (nSPS) is 19.6. The third-order valence-corrected chi connectivity index (χ3v) is 8.66. The number of aromatic nitrogens is 4. The van der Waals surface area contributed by atoms with Crippen LogP contribution in [0.25, 0.3) is 11.2 Å². The topological polar surface area (TPSA) is 219 Å². The summed E-state index contributed by atoms with van der Waals surface area (Å²) in [4.78, 5) is 67.0. The highest BCUT2D eigenvalue weighted by molar-refractivity contribution is 5.91. The van der Waals surface area contributed by atoms with Crippen LogP contribution in [0.2, 0.25) is 0 Å². The van der Waals surface area contributed by atoms with Gasteiger partial charge in [0, 0.05) is 26.9 Å². The molecule has 0 aliphatic carbocycles. The monoisotopic (exact) mass is 740 g/mol. The molecule has 3 heterocycles. The number of carbonyl (C=O) groups is 4. The average Bonchev–Trinajstić information content (AvgIpc) is 3.66. The first-order valence-corrected chi connectivity index (χ1v) is 17.6. The molecule has 1 fully saturated rings. The molecule has 0 spiro atoms. The first kappa shape index (κ1) is 40.9. The Morgan fingerprint density at radius 1 is 1.00 bits per heavy atom. The number of amides is 3. The molecule has 4 rings (SSSR count). The van der Waals surface area contributed by atoms with Gasteiger partial charge in [0.15, 0.2) is 23.2 Å². The fourth-order valence-corrected chi connectivity index (χ4v) is 6.02. The van der Waals surface area contributed by atoms with Gasteiger partial charge in [-0.25, -0.2) is 19.7 Å². The molecular formula is C36H52N8O9. The summed E-state index contributed by atoms with van der Waals surface area (Å²) in [6.07, 6.45) is 1.02. The number of nitrogens with zero attached hydrogens (tertiary/aromatic N) is 5. The molecule has 17 heteroatoms. The number of carbonyl (C=O) groups excluding carboxylic acids is 4. The van der Waals surface area contributed by atoms with Gasteiger partial charge in [0.1, 0.15) is 47.8 Å². The Bertz CT molecular complexity index is 1710. The molecule has 1 aliphatic heterocycles. The van der Waals surface area contributed by atoms with Crippen molar-refractivity contribution in [2.45, 2.75) is 108 Å². The molecule has 1 saturated heterocycles. The molecule has 1 aliphatic rings. The zero-order valence-corrected chi connectivity index (χ0v) is 31.4. The van der Waals surface area contributed by atoms with Crippen LogP contribution in [0.3, 0.4) is 0 Å². The molecule has 2 aromatic heterocycles. The van der Waals surface area contributed by atoms with Crippen LogP contribution < -0.4 is 25.6 Å². The van der Waals surface area contributed by atoms with E-state index in [1.807, 2.05) is 14.1 Å². The Morgan fingerprint density at radius 3 is 2.34 bits per heavy atom. The number of fused-ring (bicyclic) bond motifs is 1. The molecule has 53 heavy (non-hydrogen) atoms. The van der Waals surface area contributed by atoms with E-state index in [1.54, 1.807) is 49.9 Å². The van der Waals surface area contributed by atoms with E-state index in [2.05, 4.69) is 30.9 Å². The summed E-state index contributed by atoms with van der Waals surface area (Å²) < 4.78 is 18.2. The van der Waals surface area contributed by atoms with Crippen molar-refractivity contribution in [1.29, 1.82) is 0 Å². The molecule has 3 aromatic rings. The van der Waals surface area contributed by atoms with Crippen molar-refractivity contribution >= 4 is 40.7 Å². The second-order valence-electron chi connectivity index (χ2n) is 14.3. The zero-order chi connectivity index (χ0) is 38.9. The summed E-state index contributed by atoms with van der Waals surface area (Å²) >= 11 is 0. The van der Waals surface area contributed by atoms with Crippen molar-refractivity contribution in [2.75, 3.05) is 32.7 Å². The number of hydrogen-bond acceptors (Lipinski definition) is 13. The van der Waals surface area contributed by atoms with Gasteiger partial charge in [-0.15, -0.1) is 0 Å². The van der Waals surface area contributed by atoms with Crippen LogP contribution in [0, 0.1) is 0 Å². The highest BCUT2D eigenvalue weighted by Crippen LogP contribution is 2.32. The summed E-state index contributed by atoms with van der Waals surface area (Å²) in [5.41, 5.74) is 0.718. The number of unbranched alkanes of at least 4 members (excludes halogenated alkanes) is 2. The number of aliphatic hydroxyl groups excluding tert-OH is 2. The van der Waals surface area contributed by atoms with Crippen molar-refractivity contribution in [1.82, 2.24) is 35.5 Å². The number of nitrogens with one attached hydrogen (secondary N) is 3. The quantitative estimate of drug-likeness (QED) is 0.125. The van der Waals surface area contributed by atoms with Gasteiger partial charge >= 0.3 is 6.09 Å². The molecule has 0 bridgehead atoms. The van der Waals surface area contributed by atoms with Crippen LogP contribution in [-0.4, -0.2) is 117 Å². The second-order valence-corrected chi connectivity index (χ2v) is 14.3. The van der Waals surface area contributed by atoms with Crippen molar-refractivity contribution < 1.29 is 43.6 Å². The van der Waals surface area contributed by atoms with Crippen LogP contribution in [0.4, 0.5) is 10.6 Å². The standard InChI is InChI=1S/C36H52N8O9/c1-21(46)11-9-8-10-12-24(41-35(50)53-36(2,3)4)32(48)40-25(17-22-13-15-23(51-7)16-14-22)33(49)42-27-26(18-45)52-34(29(27)47)44-20-39-28-30(43(5)6)37-19-38-31(28)44/h13-16,19-20,24-27,29,34,45,47H,8-12,17-18H2,1-7H3,(H,40,48)(H,41,50)(H,42,49)/t24-,25?,26+,27-,29?,34+/m0/s1. The maximum atomic E-state index is 14.1. The van der Waals surface area contributed by atoms with E-state index in [9.17, 15) is 29.4 Å². The minimum atomic E-state index is -1.36. The minimum Gasteiger partial charge on any atom is -0.497 e. The number of ether oxygens (including phenoxy) is 3. The third kappa shape index (κ3) is 11.1. The largest absolute Gasteiger partial charge is 0.497 e. The Kier molecular flexibility index (Phi) is 14.1. The second kappa shape index (κ2) is 18.3. The van der Waals surface area contributed by atoms with E-state index < -0.39 is 66.7 Å². The Labute approximate surface area is 308 Å². The first-order chi connectivity index (χ1) is 25.1. The summed E-state index contributed by atoms with van der Waals surface area (Å²) in [5, 5.41) is 30.0. The van der Waals surface area contributed by atoms with Gasteiger partial charge < -0.3 is 50.1 Å². The molecule has 0 radical (unpaired) electrons. The van der Waals surface area contributed by atoms with E-state index >= 15 is 0 Å². The average molecular weight is 741 g/mol. The first-order valence-electron chi connectivity index (χ1n) is 17.6. The van der Waals surface area contributed by atoms with Crippen molar-refractivity contribution in [2.24, 2.45) is 0 Å². The number of rotatable bonds is 17.